The first-order valence-electron chi connectivity index (χ1n) is 1.85. The molecular formula is C4H8FNO. The first-order valence-corrected chi connectivity index (χ1v) is 1.85. The number of nitrogens with zero attached hydrogens (tertiary/aromatic N) is 1. The van der Waals surface area contributed by atoms with Gasteiger partial charge in [-0.15, -0.1) is 0 Å². The number of hydrogen-bond donors (Lipinski definition) is 1. The summed E-state index contributed by atoms with van der Waals surface area (Å²) >= 11 is 0. The van der Waals surface area contributed by atoms with E-state index in [1.54, 1.807) is 14.1 Å². The molecule has 0 saturated carbocycles. The fourth-order valence-corrected chi connectivity index (χ4v) is 0.0976. The van der Waals surface area contributed by atoms with Crippen LogP contribution < -0.4 is 0 Å². The molecule has 0 aliphatic rings. The maximum Gasteiger partial charge on any atom is 0.215 e. The van der Waals surface area contributed by atoms with Crippen molar-refractivity contribution in [2.75, 3.05) is 14.1 Å². The molecule has 0 radical (unpaired) electrons. The summed E-state index contributed by atoms with van der Waals surface area (Å²) in [5.74, 6) is -0.361. The summed E-state index contributed by atoms with van der Waals surface area (Å²) in [6.07, 6.45) is 0.139. The highest BCUT2D eigenvalue weighted by Crippen LogP contribution is 1.89. The van der Waals surface area contributed by atoms with Crippen molar-refractivity contribution in [3.8, 4) is 0 Å². The zero-order valence-electron chi connectivity index (χ0n) is 4.35. The average Bonchev–Trinajstić information content (AvgIpc) is 1.65. The van der Waals surface area contributed by atoms with Gasteiger partial charge in [-0.05, 0) is 0 Å². The Labute approximate surface area is 41.9 Å². The van der Waals surface area contributed by atoms with E-state index in [4.69, 9.17) is 5.11 Å². The Hall–Kier alpha value is -0.730. The SMILES string of the molecule is CN(C)/C(O)=C/F. The van der Waals surface area contributed by atoms with Crippen LogP contribution in [0.4, 0.5) is 4.39 Å². The zero-order chi connectivity index (χ0) is 5.86. The van der Waals surface area contributed by atoms with E-state index in [-0.39, 0.29) is 12.2 Å². The molecule has 0 spiro atoms. The van der Waals surface area contributed by atoms with E-state index in [1.165, 1.54) is 4.90 Å². The van der Waals surface area contributed by atoms with Crippen LogP contribution in [-0.4, -0.2) is 24.1 Å². The molecule has 0 atom stereocenters. The molecule has 7 heavy (non-hydrogen) atoms. The largest absolute Gasteiger partial charge is 0.493 e. The standard InChI is InChI=1S/C4H8FNO/c1-6(2)4(7)3-5/h3,7H,1-2H3/b4-3-. The van der Waals surface area contributed by atoms with Crippen LogP contribution in [0.3, 0.4) is 0 Å². The van der Waals surface area contributed by atoms with Crippen LogP contribution in [0.15, 0.2) is 12.2 Å². The predicted octanol–water partition coefficient (Wildman–Crippen LogP) is 0.874. The van der Waals surface area contributed by atoms with Gasteiger partial charge >= 0.3 is 0 Å². The van der Waals surface area contributed by atoms with E-state index in [1.807, 2.05) is 0 Å². The maximum absolute atomic E-state index is 11.2. The van der Waals surface area contributed by atoms with Crippen molar-refractivity contribution >= 4 is 0 Å². The van der Waals surface area contributed by atoms with Crippen LogP contribution in [0.2, 0.25) is 0 Å². The minimum atomic E-state index is -0.361. The number of halogens is 1. The molecule has 0 aliphatic heterocycles. The summed E-state index contributed by atoms with van der Waals surface area (Å²) in [6.45, 7) is 0. The van der Waals surface area contributed by atoms with Gasteiger partial charge in [0, 0.05) is 14.1 Å². The molecule has 0 aromatic heterocycles. The van der Waals surface area contributed by atoms with Gasteiger partial charge in [0.1, 0.15) is 6.33 Å². The van der Waals surface area contributed by atoms with Crippen LogP contribution in [0, 0.1) is 0 Å². The van der Waals surface area contributed by atoms with Gasteiger partial charge in [-0.25, -0.2) is 4.39 Å². The average molecular weight is 105 g/mol. The second-order valence-electron chi connectivity index (χ2n) is 1.36. The molecule has 0 heterocycles. The van der Waals surface area contributed by atoms with Crippen LogP contribution in [0.1, 0.15) is 0 Å². The van der Waals surface area contributed by atoms with Gasteiger partial charge in [-0.2, -0.15) is 0 Å². The van der Waals surface area contributed by atoms with Crippen molar-refractivity contribution < 1.29 is 9.50 Å². The van der Waals surface area contributed by atoms with E-state index in [0.717, 1.165) is 0 Å². The molecule has 0 amide bonds. The molecule has 0 rings (SSSR count). The molecule has 0 saturated heterocycles. The monoisotopic (exact) mass is 105 g/mol. The molecule has 1 N–H and O–H groups in total. The van der Waals surface area contributed by atoms with Crippen molar-refractivity contribution in [3.05, 3.63) is 12.2 Å². The molecule has 0 aromatic carbocycles. The summed E-state index contributed by atoms with van der Waals surface area (Å²) in [7, 11) is 3.09. The van der Waals surface area contributed by atoms with E-state index in [9.17, 15) is 4.39 Å². The Kier molecular flexibility index (Phi) is 2.19. The van der Waals surface area contributed by atoms with Crippen molar-refractivity contribution in [3.63, 3.8) is 0 Å². The lowest BCUT2D eigenvalue weighted by molar-refractivity contribution is 0.253. The summed E-state index contributed by atoms with van der Waals surface area (Å²) in [4.78, 5) is 1.26. The fraction of sp³-hybridized carbons (Fsp3) is 0.500. The summed E-state index contributed by atoms with van der Waals surface area (Å²) in [5.41, 5.74) is 0. The van der Waals surface area contributed by atoms with Crippen LogP contribution >= 0.6 is 0 Å². The van der Waals surface area contributed by atoms with Gasteiger partial charge in [0.05, 0.1) is 0 Å². The minimum absolute atomic E-state index is 0.139. The van der Waals surface area contributed by atoms with Gasteiger partial charge in [-0.3, -0.25) is 0 Å². The minimum Gasteiger partial charge on any atom is -0.493 e. The highest BCUT2D eigenvalue weighted by Gasteiger charge is 1.89. The second kappa shape index (κ2) is 2.44. The van der Waals surface area contributed by atoms with E-state index in [0.29, 0.717) is 0 Å². The van der Waals surface area contributed by atoms with Crippen LogP contribution in [0.25, 0.3) is 0 Å². The van der Waals surface area contributed by atoms with Crippen molar-refractivity contribution in [2.45, 2.75) is 0 Å². The van der Waals surface area contributed by atoms with Crippen molar-refractivity contribution in [1.82, 2.24) is 4.90 Å². The lowest BCUT2D eigenvalue weighted by Gasteiger charge is -2.06. The molecule has 0 unspecified atom stereocenters. The first-order chi connectivity index (χ1) is 3.18. The fourth-order valence-electron chi connectivity index (χ4n) is 0.0976. The molecule has 2 nitrogen and oxygen atoms in total. The quantitative estimate of drug-likeness (QED) is 0.500. The maximum atomic E-state index is 11.2. The summed E-state index contributed by atoms with van der Waals surface area (Å²) in [6, 6.07) is 0. The third kappa shape index (κ3) is 2.03. The molecule has 3 heteroatoms. The third-order valence-electron chi connectivity index (χ3n) is 0.556. The molecule has 42 valence electrons. The Bertz CT molecular complexity index is 79.8. The van der Waals surface area contributed by atoms with Gasteiger partial charge in [-0.1, -0.05) is 0 Å². The van der Waals surface area contributed by atoms with Gasteiger partial charge in [0.25, 0.3) is 0 Å². The Morgan fingerprint density at radius 3 is 2.14 bits per heavy atom. The topological polar surface area (TPSA) is 23.5 Å². The molecule has 0 bridgehead atoms. The third-order valence-corrected chi connectivity index (χ3v) is 0.556. The number of hydrogen-bond acceptors (Lipinski definition) is 2. The van der Waals surface area contributed by atoms with Crippen molar-refractivity contribution in [1.29, 1.82) is 0 Å². The number of aliphatic hydroxyl groups excluding tert-OH is 1. The molecule has 0 aliphatic carbocycles. The van der Waals surface area contributed by atoms with E-state index >= 15 is 0 Å². The van der Waals surface area contributed by atoms with E-state index in [2.05, 4.69) is 0 Å². The molecule has 0 aromatic rings. The normalized spacial score (nSPS) is 11.6. The highest BCUT2D eigenvalue weighted by molar-refractivity contribution is 4.78. The van der Waals surface area contributed by atoms with Crippen LogP contribution in [0.5, 0.6) is 0 Å². The Balaban J connectivity index is 3.56. The predicted molar refractivity (Wildman–Crippen MR) is 25.5 cm³/mol. The van der Waals surface area contributed by atoms with Gasteiger partial charge in [0.2, 0.25) is 5.88 Å². The highest BCUT2D eigenvalue weighted by atomic mass is 19.1. The second-order valence-corrected chi connectivity index (χ2v) is 1.36. The lowest BCUT2D eigenvalue weighted by atomic mass is 10.8. The lowest BCUT2D eigenvalue weighted by Crippen LogP contribution is -2.09. The van der Waals surface area contributed by atoms with Crippen LogP contribution in [-0.2, 0) is 0 Å². The number of aliphatic hydroxyl groups is 1. The molecular weight excluding hydrogens is 97.0 g/mol. The Morgan fingerprint density at radius 2 is 2.14 bits per heavy atom. The smallest absolute Gasteiger partial charge is 0.215 e. The van der Waals surface area contributed by atoms with Gasteiger partial charge in [0.15, 0.2) is 0 Å². The molecule has 0 fully saturated rings. The van der Waals surface area contributed by atoms with Crippen molar-refractivity contribution in [2.24, 2.45) is 0 Å². The van der Waals surface area contributed by atoms with E-state index < -0.39 is 0 Å². The summed E-state index contributed by atoms with van der Waals surface area (Å²) in [5, 5.41) is 8.35. The number of rotatable bonds is 1. The summed E-state index contributed by atoms with van der Waals surface area (Å²) < 4.78 is 11.2. The zero-order valence-corrected chi connectivity index (χ0v) is 4.35. The van der Waals surface area contributed by atoms with Gasteiger partial charge < -0.3 is 10.0 Å². The Morgan fingerprint density at radius 1 is 1.71 bits per heavy atom. The first kappa shape index (κ1) is 6.27.